The number of carbonyl (C=O) groups excluding carboxylic acids is 2. The summed E-state index contributed by atoms with van der Waals surface area (Å²) in [6.07, 6.45) is 3.06. The van der Waals surface area contributed by atoms with E-state index in [0.717, 1.165) is 36.1 Å². The Morgan fingerprint density at radius 1 is 1.36 bits per heavy atom. The van der Waals surface area contributed by atoms with Crippen molar-refractivity contribution in [1.29, 1.82) is 0 Å². The van der Waals surface area contributed by atoms with Crippen molar-refractivity contribution in [3.8, 4) is 0 Å². The largest absolute Gasteiger partial charge is 0.354 e. The number of amides is 3. The molecule has 1 atom stereocenters. The summed E-state index contributed by atoms with van der Waals surface area (Å²) in [5.41, 5.74) is 2.71. The molecule has 3 amide bonds. The van der Waals surface area contributed by atoms with E-state index in [2.05, 4.69) is 16.0 Å². The van der Waals surface area contributed by atoms with Gasteiger partial charge < -0.3 is 16.0 Å². The molecule has 0 bridgehead atoms. The number of rotatable bonds is 4. The predicted molar refractivity (Wildman–Crippen MR) is 88.4 cm³/mol. The smallest absolute Gasteiger partial charge is 0.319 e. The standard InChI is InChI=1S/C16H22ClN3O2/c1-3-10-7-8-12(17)11(4-2)14(10)20-16(22)19-13-6-5-9-18-15(13)21/h7-8,13H,3-6,9H2,1-2H3,(H,18,21)(H2,19,20,22). The highest BCUT2D eigenvalue weighted by Gasteiger charge is 2.24. The van der Waals surface area contributed by atoms with Crippen molar-refractivity contribution in [2.24, 2.45) is 0 Å². The van der Waals surface area contributed by atoms with Gasteiger partial charge in [-0.05, 0) is 42.9 Å². The highest BCUT2D eigenvalue weighted by atomic mass is 35.5. The second-order valence-electron chi connectivity index (χ2n) is 5.35. The van der Waals surface area contributed by atoms with Crippen molar-refractivity contribution in [3.63, 3.8) is 0 Å². The van der Waals surface area contributed by atoms with E-state index in [9.17, 15) is 9.59 Å². The van der Waals surface area contributed by atoms with Crippen LogP contribution in [0.15, 0.2) is 12.1 Å². The van der Waals surface area contributed by atoms with Gasteiger partial charge in [0.15, 0.2) is 0 Å². The normalized spacial score (nSPS) is 17.8. The molecular formula is C16H22ClN3O2. The molecular weight excluding hydrogens is 302 g/mol. The Morgan fingerprint density at radius 2 is 2.14 bits per heavy atom. The first-order valence-electron chi connectivity index (χ1n) is 7.72. The number of carbonyl (C=O) groups is 2. The zero-order valence-electron chi connectivity index (χ0n) is 13.0. The van der Waals surface area contributed by atoms with Gasteiger partial charge in [-0.15, -0.1) is 0 Å². The van der Waals surface area contributed by atoms with Gasteiger partial charge in [0.25, 0.3) is 0 Å². The Bertz CT molecular complexity index is 575. The van der Waals surface area contributed by atoms with Gasteiger partial charge in [0.05, 0.1) is 5.69 Å². The highest BCUT2D eigenvalue weighted by molar-refractivity contribution is 6.32. The SMILES string of the molecule is CCc1ccc(Cl)c(CC)c1NC(=O)NC1CCCNC1=O. The third-order valence-corrected chi connectivity index (χ3v) is 4.26. The van der Waals surface area contributed by atoms with Crippen molar-refractivity contribution in [1.82, 2.24) is 10.6 Å². The highest BCUT2D eigenvalue weighted by Crippen LogP contribution is 2.29. The molecule has 1 unspecified atom stereocenters. The fourth-order valence-electron chi connectivity index (χ4n) is 2.68. The molecule has 0 aromatic heterocycles. The minimum absolute atomic E-state index is 0.126. The predicted octanol–water partition coefficient (Wildman–Crippen LogP) is 2.86. The van der Waals surface area contributed by atoms with Crippen LogP contribution in [-0.4, -0.2) is 24.5 Å². The third kappa shape index (κ3) is 3.71. The summed E-state index contributed by atoms with van der Waals surface area (Å²) < 4.78 is 0. The summed E-state index contributed by atoms with van der Waals surface area (Å²) in [5, 5.41) is 9.01. The van der Waals surface area contributed by atoms with E-state index in [4.69, 9.17) is 11.6 Å². The molecule has 0 saturated carbocycles. The lowest BCUT2D eigenvalue weighted by atomic mass is 10.0. The number of urea groups is 1. The second-order valence-corrected chi connectivity index (χ2v) is 5.76. The van der Waals surface area contributed by atoms with Gasteiger partial charge in [-0.25, -0.2) is 4.79 Å². The number of nitrogens with one attached hydrogen (secondary N) is 3. The van der Waals surface area contributed by atoms with Crippen LogP contribution in [0.1, 0.15) is 37.8 Å². The molecule has 120 valence electrons. The lowest BCUT2D eigenvalue weighted by molar-refractivity contribution is -0.124. The van der Waals surface area contributed by atoms with Gasteiger partial charge in [0.1, 0.15) is 6.04 Å². The zero-order chi connectivity index (χ0) is 16.1. The van der Waals surface area contributed by atoms with Crippen LogP contribution in [-0.2, 0) is 17.6 Å². The minimum Gasteiger partial charge on any atom is -0.354 e. The summed E-state index contributed by atoms with van der Waals surface area (Å²) in [7, 11) is 0. The fourth-order valence-corrected chi connectivity index (χ4v) is 2.98. The Labute approximate surface area is 135 Å². The number of hydrogen-bond donors (Lipinski definition) is 3. The van der Waals surface area contributed by atoms with Crippen molar-refractivity contribution >= 4 is 29.2 Å². The lowest BCUT2D eigenvalue weighted by Gasteiger charge is -2.23. The quantitative estimate of drug-likeness (QED) is 0.797. The first kappa shape index (κ1) is 16.6. The van der Waals surface area contributed by atoms with Crippen LogP contribution in [0.4, 0.5) is 10.5 Å². The molecule has 1 heterocycles. The average molecular weight is 324 g/mol. The van der Waals surface area contributed by atoms with Crippen LogP contribution in [0.25, 0.3) is 0 Å². The molecule has 22 heavy (non-hydrogen) atoms. The zero-order valence-corrected chi connectivity index (χ0v) is 13.7. The second kappa shape index (κ2) is 7.49. The number of halogens is 1. The summed E-state index contributed by atoms with van der Waals surface area (Å²) in [5.74, 6) is -0.126. The number of piperidine rings is 1. The Morgan fingerprint density at radius 3 is 2.77 bits per heavy atom. The third-order valence-electron chi connectivity index (χ3n) is 3.91. The van der Waals surface area contributed by atoms with Gasteiger partial charge in [-0.2, -0.15) is 0 Å². The van der Waals surface area contributed by atoms with Crippen molar-refractivity contribution in [2.75, 3.05) is 11.9 Å². The molecule has 6 heteroatoms. The molecule has 1 aromatic carbocycles. The van der Waals surface area contributed by atoms with Gasteiger partial charge in [-0.1, -0.05) is 31.5 Å². The monoisotopic (exact) mass is 323 g/mol. The van der Waals surface area contributed by atoms with E-state index in [1.807, 2.05) is 26.0 Å². The summed E-state index contributed by atoms with van der Waals surface area (Å²) in [4.78, 5) is 23.9. The first-order valence-corrected chi connectivity index (χ1v) is 8.10. The summed E-state index contributed by atoms with van der Waals surface area (Å²) in [6.45, 7) is 4.70. The molecule has 1 aliphatic heterocycles. The van der Waals surface area contributed by atoms with Crippen LogP contribution in [0.5, 0.6) is 0 Å². The summed E-state index contributed by atoms with van der Waals surface area (Å²) >= 11 is 6.22. The van der Waals surface area contributed by atoms with Crippen molar-refractivity contribution in [3.05, 3.63) is 28.3 Å². The summed E-state index contributed by atoms with van der Waals surface area (Å²) in [6, 6.07) is 2.94. The number of aryl methyl sites for hydroxylation is 1. The van der Waals surface area contributed by atoms with Crippen LogP contribution >= 0.6 is 11.6 Å². The Hall–Kier alpha value is -1.75. The Kier molecular flexibility index (Phi) is 5.66. The molecule has 3 N–H and O–H groups in total. The molecule has 1 fully saturated rings. The lowest BCUT2D eigenvalue weighted by Crippen LogP contribution is -2.51. The van der Waals surface area contributed by atoms with E-state index < -0.39 is 6.04 Å². The van der Waals surface area contributed by atoms with Gasteiger partial charge in [0.2, 0.25) is 5.91 Å². The molecule has 1 saturated heterocycles. The van der Waals surface area contributed by atoms with E-state index in [1.165, 1.54) is 0 Å². The molecule has 0 radical (unpaired) electrons. The van der Waals surface area contributed by atoms with Gasteiger partial charge >= 0.3 is 6.03 Å². The first-order chi connectivity index (χ1) is 10.6. The molecule has 1 aliphatic rings. The van der Waals surface area contributed by atoms with Gasteiger partial charge in [-0.3, -0.25) is 4.79 Å². The van der Waals surface area contributed by atoms with E-state index >= 15 is 0 Å². The fraction of sp³-hybridized carbons (Fsp3) is 0.500. The maximum Gasteiger partial charge on any atom is 0.319 e. The molecule has 1 aromatic rings. The molecule has 0 spiro atoms. The Balaban J connectivity index is 2.13. The molecule has 0 aliphatic carbocycles. The maximum absolute atomic E-state index is 12.2. The van der Waals surface area contributed by atoms with E-state index in [1.54, 1.807) is 0 Å². The molecule has 5 nitrogen and oxygen atoms in total. The van der Waals surface area contributed by atoms with Crippen molar-refractivity contribution < 1.29 is 9.59 Å². The van der Waals surface area contributed by atoms with E-state index in [0.29, 0.717) is 18.0 Å². The van der Waals surface area contributed by atoms with Crippen LogP contribution in [0.2, 0.25) is 5.02 Å². The van der Waals surface area contributed by atoms with E-state index in [-0.39, 0.29) is 11.9 Å². The maximum atomic E-state index is 12.2. The van der Waals surface area contributed by atoms with Crippen LogP contribution in [0, 0.1) is 0 Å². The van der Waals surface area contributed by atoms with Crippen molar-refractivity contribution in [2.45, 2.75) is 45.6 Å². The number of anilines is 1. The minimum atomic E-state index is -0.469. The van der Waals surface area contributed by atoms with Crippen LogP contribution < -0.4 is 16.0 Å². The molecule has 2 rings (SSSR count). The topological polar surface area (TPSA) is 70.2 Å². The van der Waals surface area contributed by atoms with Gasteiger partial charge in [0, 0.05) is 11.6 Å². The van der Waals surface area contributed by atoms with Crippen LogP contribution in [0.3, 0.4) is 0 Å². The number of hydrogen-bond acceptors (Lipinski definition) is 2. The average Bonchev–Trinajstić information content (AvgIpc) is 2.50. The number of benzene rings is 1.